The number of aromatic hydroxyl groups is 1. The number of aliphatic hydroxyl groups excluding tert-OH is 1. The Morgan fingerprint density at radius 2 is 1.73 bits per heavy atom. The molecule has 78 valence electrons. The van der Waals surface area contributed by atoms with E-state index < -0.39 is 0 Å². The first kappa shape index (κ1) is 9.80. The smallest absolute Gasteiger partial charge is 0.161 e. The van der Waals surface area contributed by atoms with Crippen LogP contribution < -0.4 is 4.74 Å². The summed E-state index contributed by atoms with van der Waals surface area (Å²) in [6, 6.07) is 11.1. The van der Waals surface area contributed by atoms with Crippen LogP contribution in [0.15, 0.2) is 36.4 Å². The third-order valence-corrected chi connectivity index (χ3v) is 2.18. The Morgan fingerprint density at radius 1 is 1.07 bits per heavy atom. The van der Waals surface area contributed by atoms with E-state index in [4.69, 9.17) is 9.84 Å². The summed E-state index contributed by atoms with van der Waals surface area (Å²) >= 11 is 0. The predicted octanol–water partition coefficient (Wildman–Crippen LogP) is 1.92. The van der Waals surface area contributed by atoms with Crippen molar-refractivity contribution < 1.29 is 14.9 Å². The standard InChI is InChI=1S/C12H12O3/c13-5-6-15-12-8-10-4-2-1-3-9(10)7-11(12)14/h1-4,7-8,13-14H,5-6H2. The minimum atomic E-state index is -0.0632. The van der Waals surface area contributed by atoms with Crippen LogP contribution in [0.3, 0.4) is 0 Å². The average Bonchev–Trinajstić information content (AvgIpc) is 2.26. The van der Waals surface area contributed by atoms with Gasteiger partial charge in [0.15, 0.2) is 11.5 Å². The van der Waals surface area contributed by atoms with Crippen LogP contribution in [0.2, 0.25) is 0 Å². The van der Waals surface area contributed by atoms with E-state index in [9.17, 15) is 5.11 Å². The van der Waals surface area contributed by atoms with Gasteiger partial charge in [0.1, 0.15) is 6.61 Å². The van der Waals surface area contributed by atoms with Gasteiger partial charge in [0.25, 0.3) is 0 Å². The first-order chi connectivity index (χ1) is 7.31. The van der Waals surface area contributed by atoms with Gasteiger partial charge >= 0.3 is 0 Å². The van der Waals surface area contributed by atoms with E-state index in [2.05, 4.69) is 0 Å². The molecule has 0 heterocycles. The molecule has 2 aromatic rings. The highest BCUT2D eigenvalue weighted by Crippen LogP contribution is 2.31. The van der Waals surface area contributed by atoms with Crippen molar-refractivity contribution in [1.29, 1.82) is 0 Å². The van der Waals surface area contributed by atoms with Crippen molar-refractivity contribution in [2.75, 3.05) is 13.2 Å². The van der Waals surface area contributed by atoms with E-state index in [1.165, 1.54) is 0 Å². The van der Waals surface area contributed by atoms with Gasteiger partial charge in [-0.25, -0.2) is 0 Å². The SMILES string of the molecule is OCCOc1cc2ccccc2cc1O. The third kappa shape index (κ3) is 2.02. The molecule has 0 fully saturated rings. The Labute approximate surface area is 87.5 Å². The summed E-state index contributed by atoms with van der Waals surface area (Å²) in [6.07, 6.45) is 0. The second-order valence-corrected chi connectivity index (χ2v) is 3.24. The number of aliphatic hydroxyl groups is 1. The summed E-state index contributed by atoms with van der Waals surface area (Å²) < 4.78 is 5.19. The van der Waals surface area contributed by atoms with Gasteiger partial charge < -0.3 is 14.9 Å². The quantitative estimate of drug-likeness (QED) is 0.803. The molecule has 0 unspecified atom stereocenters. The Morgan fingerprint density at radius 3 is 2.40 bits per heavy atom. The Kier molecular flexibility index (Phi) is 2.74. The fourth-order valence-corrected chi connectivity index (χ4v) is 1.48. The van der Waals surface area contributed by atoms with Gasteiger partial charge in [-0.3, -0.25) is 0 Å². The minimum absolute atomic E-state index is 0.0632. The Hall–Kier alpha value is -1.74. The number of phenolic OH excluding ortho intramolecular Hbond substituents is 1. The molecule has 3 heteroatoms. The third-order valence-electron chi connectivity index (χ3n) is 2.18. The zero-order valence-electron chi connectivity index (χ0n) is 8.18. The van der Waals surface area contributed by atoms with Gasteiger partial charge in [-0.05, 0) is 22.9 Å². The number of hydrogen-bond acceptors (Lipinski definition) is 3. The van der Waals surface area contributed by atoms with Crippen LogP contribution in [0.4, 0.5) is 0 Å². The van der Waals surface area contributed by atoms with Crippen molar-refractivity contribution in [2.45, 2.75) is 0 Å². The van der Waals surface area contributed by atoms with Crippen molar-refractivity contribution in [1.82, 2.24) is 0 Å². The molecule has 0 amide bonds. The van der Waals surface area contributed by atoms with Crippen molar-refractivity contribution in [3.8, 4) is 11.5 Å². The maximum atomic E-state index is 9.63. The van der Waals surface area contributed by atoms with Gasteiger partial charge in [0.05, 0.1) is 6.61 Å². The summed E-state index contributed by atoms with van der Waals surface area (Å²) in [5, 5.41) is 20.2. The van der Waals surface area contributed by atoms with E-state index >= 15 is 0 Å². The van der Waals surface area contributed by atoms with Gasteiger partial charge in [-0.1, -0.05) is 24.3 Å². The number of fused-ring (bicyclic) bond motifs is 1. The molecule has 0 bridgehead atoms. The van der Waals surface area contributed by atoms with E-state index in [1.807, 2.05) is 24.3 Å². The largest absolute Gasteiger partial charge is 0.504 e. The van der Waals surface area contributed by atoms with Gasteiger partial charge in [0, 0.05) is 0 Å². The predicted molar refractivity (Wildman–Crippen MR) is 58.2 cm³/mol. The molecule has 0 spiro atoms. The normalized spacial score (nSPS) is 10.5. The highest BCUT2D eigenvalue weighted by atomic mass is 16.5. The van der Waals surface area contributed by atoms with Gasteiger partial charge in [-0.2, -0.15) is 0 Å². The monoisotopic (exact) mass is 204 g/mol. The molecule has 0 saturated heterocycles. The summed E-state index contributed by atoms with van der Waals surface area (Å²) in [7, 11) is 0. The van der Waals surface area contributed by atoms with Gasteiger partial charge in [0.2, 0.25) is 0 Å². The first-order valence-corrected chi connectivity index (χ1v) is 4.76. The van der Waals surface area contributed by atoms with Crippen molar-refractivity contribution >= 4 is 10.8 Å². The lowest BCUT2D eigenvalue weighted by Crippen LogP contribution is -2.01. The molecule has 0 aromatic heterocycles. The van der Waals surface area contributed by atoms with E-state index in [-0.39, 0.29) is 19.0 Å². The highest BCUT2D eigenvalue weighted by Gasteiger charge is 2.03. The van der Waals surface area contributed by atoms with Gasteiger partial charge in [-0.15, -0.1) is 0 Å². The number of ether oxygens (including phenoxy) is 1. The molecule has 0 aliphatic heterocycles. The molecular formula is C12H12O3. The molecule has 2 aromatic carbocycles. The molecule has 2 rings (SSSR count). The number of hydrogen-bond donors (Lipinski definition) is 2. The lowest BCUT2D eigenvalue weighted by atomic mass is 10.1. The summed E-state index contributed by atoms with van der Waals surface area (Å²) in [6.45, 7) is 0.123. The second-order valence-electron chi connectivity index (χ2n) is 3.24. The summed E-state index contributed by atoms with van der Waals surface area (Å²) in [5.74, 6) is 0.505. The Bertz CT molecular complexity index is 465. The zero-order chi connectivity index (χ0) is 10.7. The molecule has 0 saturated carbocycles. The molecule has 3 nitrogen and oxygen atoms in total. The van der Waals surface area contributed by atoms with Crippen LogP contribution in [0.5, 0.6) is 11.5 Å². The van der Waals surface area contributed by atoms with Crippen LogP contribution >= 0.6 is 0 Å². The second kappa shape index (κ2) is 4.19. The number of benzene rings is 2. The van der Waals surface area contributed by atoms with E-state index in [1.54, 1.807) is 12.1 Å². The zero-order valence-corrected chi connectivity index (χ0v) is 8.18. The maximum Gasteiger partial charge on any atom is 0.161 e. The lowest BCUT2D eigenvalue weighted by Gasteiger charge is -2.07. The Balaban J connectivity index is 2.43. The highest BCUT2D eigenvalue weighted by molar-refractivity contribution is 5.85. The van der Waals surface area contributed by atoms with E-state index in [0.717, 1.165) is 10.8 Å². The van der Waals surface area contributed by atoms with Crippen molar-refractivity contribution in [2.24, 2.45) is 0 Å². The molecule has 0 aliphatic rings. The molecule has 0 radical (unpaired) electrons. The molecule has 2 N–H and O–H groups in total. The maximum absolute atomic E-state index is 9.63. The molecular weight excluding hydrogens is 192 g/mol. The van der Waals surface area contributed by atoms with Crippen LogP contribution in [0.1, 0.15) is 0 Å². The average molecular weight is 204 g/mol. The van der Waals surface area contributed by atoms with Crippen LogP contribution in [-0.4, -0.2) is 23.4 Å². The fraction of sp³-hybridized carbons (Fsp3) is 0.167. The topological polar surface area (TPSA) is 49.7 Å². The van der Waals surface area contributed by atoms with Crippen molar-refractivity contribution in [3.63, 3.8) is 0 Å². The fourth-order valence-electron chi connectivity index (χ4n) is 1.48. The van der Waals surface area contributed by atoms with Crippen molar-refractivity contribution in [3.05, 3.63) is 36.4 Å². The molecule has 15 heavy (non-hydrogen) atoms. The molecule has 0 atom stereocenters. The van der Waals surface area contributed by atoms with Crippen LogP contribution in [0.25, 0.3) is 10.8 Å². The summed E-state index contributed by atoms with van der Waals surface area (Å²) in [4.78, 5) is 0. The lowest BCUT2D eigenvalue weighted by molar-refractivity contribution is 0.197. The van der Waals surface area contributed by atoms with Crippen LogP contribution in [0, 0.1) is 0 Å². The number of phenols is 1. The van der Waals surface area contributed by atoms with E-state index in [0.29, 0.717) is 5.75 Å². The molecule has 0 aliphatic carbocycles. The minimum Gasteiger partial charge on any atom is -0.504 e. The van der Waals surface area contributed by atoms with Crippen LogP contribution in [-0.2, 0) is 0 Å². The summed E-state index contributed by atoms with van der Waals surface area (Å²) in [5.41, 5.74) is 0. The first-order valence-electron chi connectivity index (χ1n) is 4.76. The number of rotatable bonds is 3.